The highest BCUT2D eigenvalue weighted by atomic mass is 32.1. The maximum absolute atomic E-state index is 12.8. The van der Waals surface area contributed by atoms with Gasteiger partial charge in [-0.1, -0.05) is 6.07 Å². The molecule has 2 rings (SSSR count). The smallest absolute Gasteiger partial charge is 0.270 e. The van der Waals surface area contributed by atoms with Gasteiger partial charge in [0.1, 0.15) is 6.54 Å². The number of carbonyl (C=O) groups is 2. The number of benzene rings is 1. The Morgan fingerprint density at radius 1 is 1.36 bits per heavy atom. The van der Waals surface area contributed by atoms with Gasteiger partial charge < -0.3 is 15.0 Å². The molecule has 2 aromatic rings. The minimum Gasteiger partial charge on any atom is -0.385 e. The maximum Gasteiger partial charge on any atom is 0.270 e. The standard InChI is InChI=1S/C18H22N4O5S/c1-12-13(2)28-18(19-12)20-16(23)11-21(8-5-9-27-3)17(24)14-6-4-7-15(10-14)22(25)26/h4,6-7,10H,5,8-9,11H2,1-3H3,(H,19,20,23). The van der Waals surface area contributed by atoms with Crippen LogP contribution in [0.15, 0.2) is 24.3 Å². The molecule has 0 spiro atoms. The molecular formula is C18H22N4O5S. The van der Waals surface area contributed by atoms with Gasteiger partial charge >= 0.3 is 0 Å². The molecule has 0 aliphatic heterocycles. The maximum atomic E-state index is 12.8. The summed E-state index contributed by atoms with van der Waals surface area (Å²) in [7, 11) is 1.55. The molecule has 0 aliphatic carbocycles. The van der Waals surface area contributed by atoms with E-state index in [9.17, 15) is 19.7 Å². The first-order chi connectivity index (χ1) is 13.3. The van der Waals surface area contributed by atoms with Gasteiger partial charge in [-0.15, -0.1) is 11.3 Å². The number of anilines is 1. The Morgan fingerprint density at radius 2 is 2.11 bits per heavy atom. The van der Waals surface area contributed by atoms with Gasteiger partial charge in [-0.25, -0.2) is 4.98 Å². The Kier molecular flexibility index (Phi) is 7.59. The Labute approximate surface area is 166 Å². The van der Waals surface area contributed by atoms with Gasteiger partial charge in [0.15, 0.2) is 5.13 Å². The van der Waals surface area contributed by atoms with E-state index in [1.165, 1.54) is 40.5 Å². The normalized spacial score (nSPS) is 10.5. The fraction of sp³-hybridized carbons (Fsp3) is 0.389. The molecule has 0 saturated carbocycles. The van der Waals surface area contributed by atoms with Gasteiger partial charge in [0, 0.05) is 42.8 Å². The number of methoxy groups -OCH3 is 1. The molecule has 0 aliphatic rings. The van der Waals surface area contributed by atoms with Crippen molar-refractivity contribution in [1.82, 2.24) is 9.88 Å². The molecule has 1 N–H and O–H groups in total. The number of non-ortho nitro benzene ring substituents is 1. The highest BCUT2D eigenvalue weighted by molar-refractivity contribution is 7.15. The van der Waals surface area contributed by atoms with Crippen LogP contribution in [0.2, 0.25) is 0 Å². The van der Waals surface area contributed by atoms with E-state index >= 15 is 0 Å². The van der Waals surface area contributed by atoms with Gasteiger partial charge in [0.05, 0.1) is 10.6 Å². The highest BCUT2D eigenvalue weighted by Gasteiger charge is 2.21. The number of rotatable bonds is 9. The quantitative estimate of drug-likeness (QED) is 0.389. The summed E-state index contributed by atoms with van der Waals surface area (Å²) < 4.78 is 5.01. The number of nitrogens with zero attached hydrogens (tertiary/aromatic N) is 3. The summed E-state index contributed by atoms with van der Waals surface area (Å²) >= 11 is 1.36. The van der Waals surface area contributed by atoms with E-state index in [0.717, 1.165) is 10.6 Å². The Morgan fingerprint density at radius 3 is 2.71 bits per heavy atom. The van der Waals surface area contributed by atoms with Crippen LogP contribution in [-0.2, 0) is 9.53 Å². The van der Waals surface area contributed by atoms with Crippen molar-refractivity contribution >= 4 is 34.0 Å². The van der Waals surface area contributed by atoms with Crippen molar-refractivity contribution in [3.63, 3.8) is 0 Å². The number of nitro benzene ring substituents is 1. The largest absolute Gasteiger partial charge is 0.385 e. The molecule has 150 valence electrons. The van der Waals surface area contributed by atoms with E-state index in [2.05, 4.69) is 10.3 Å². The van der Waals surface area contributed by atoms with E-state index < -0.39 is 10.8 Å². The summed E-state index contributed by atoms with van der Waals surface area (Å²) in [5.41, 5.74) is 0.811. The molecule has 28 heavy (non-hydrogen) atoms. The van der Waals surface area contributed by atoms with Crippen LogP contribution >= 0.6 is 11.3 Å². The summed E-state index contributed by atoms with van der Waals surface area (Å²) in [4.78, 5) is 42.2. The lowest BCUT2D eigenvalue weighted by molar-refractivity contribution is -0.384. The molecule has 0 atom stereocenters. The molecule has 2 amide bonds. The summed E-state index contributed by atoms with van der Waals surface area (Å²) in [6.45, 7) is 4.27. The Hall–Kier alpha value is -2.85. The van der Waals surface area contributed by atoms with Gasteiger partial charge in [0.25, 0.3) is 11.6 Å². The van der Waals surface area contributed by atoms with E-state index in [-0.39, 0.29) is 30.2 Å². The van der Waals surface area contributed by atoms with Crippen molar-refractivity contribution in [2.75, 3.05) is 32.1 Å². The summed E-state index contributed by atoms with van der Waals surface area (Å²) in [5.74, 6) is -0.841. The number of thiazole rings is 1. The second-order valence-corrected chi connectivity index (χ2v) is 7.29. The second-order valence-electron chi connectivity index (χ2n) is 6.09. The lowest BCUT2D eigenvalue weighted by Gasteiger charge is -2.22. The van der Waals surface area contributed by atoms with Crippen molar-refractivity contribution in [2.24, 2.45) is 0 Å². The number of carbonyl (C=O) groups excluding carboxylic acids is 2. The molecule has 0 bridgehead atoms. The van der Waals surface area contributed by atoms with Gasteiger partial charge in [-0.05, 0) is 26.3 Å². The molecule has 0 saturated heterocycles. The molecule has 0 radical (unpaired) electrons. The monoisotopic (exact) mass is 406 g/mol. The summed E-state index contributed by atoms with van der Waals surface area (Å²) in [6, 6.07) is 5.45. The van der Waals surface area contributed by atoms with Crippen LogP contribution in [0.3, 0.4) is 0 Å². The Balaban J connectivity index is 2.13. The van der Waals surface area contributed by atoms with E-state index in [1.807, 2.05) is 13.8 Å². The van der Waals surface area contributed by atoms with Crippen LogP contribution in [0.5, 0.6) is 0 Å². The number of nitro groups is 1. The number of aryl methyl sites for hydroxylation is 2. The number of ether oxygens (including phenoxy) is 1. The van der Waals surface area contributed by atoms with Crippen LogP contribution < -0.4 is 5.32 Å². The SMILES string of the molecule is COCCCN(CC(=O)Nc1nc(C)c(C)s1)C(=O)c1cccc([N+](=O)[O-])c1. The first-order valence-electron chi connectivity index (χ1n) is 8.58. The first-order valence-corrected chi connectivity index (χ1v) is 9.40. The molecular weight excluding hydrogens is 384 g/mol. The molecule has 10 heteroatoms. The van der Waals surface area contributed by atoms with Gasteiger partial charge in [0.2, 0.25) is 5.91 Å². The van der Waals surface area contributed by atoms with E-state index in [1.54, 1.807) is 7.11 Å². The third-order valence-corrected chi connectivity index (χ3v) is 4.97. The number of aromatic nitrogens is 1. The second kappa shape index (κ2) is 9.90. The fourth-order valence-corrected chi connectivity index (χ4v) is 3.28. The average molecular weight is 406 g/mol. The van der Waals surface area contributed by atoms with Gasteiger partial charge in [-0.3, -0.25) is 19.7 Å². The van der Waals surface area contributed by atoms with E-state index in [4.69, 9.17) is 4.74 Å². The van der Waals surface area contributed by atoms with E-state index in [0.29, 0.717) is 18.2 Å². The number of amides is 2. The molecule has 1 aromatic carbocycles. The fourth-order valence-electron chi connectivity index (χ4n) is 2.45. The predicted molar refractivity (Wildman–Crippen MR) is 106 cm³/mol. The topological polar surface area (TPSA) is 115 Å². The van der Waals surface area contributed by atoms with Crippen molar-refractivity contribution < 1.29 is 19.2 Å². The zero-order valence-electron chi connectivity index (χ0n) is 15.9. The number of hydrogen-bond acceptors (Lipinski definition) is 7. The van der Waals surface area contributed by atoms with Crippen LogP contribution in [0.4, 0.5) is 10.8 Å². The number of hydrogen-bond donors (Lipinski definition) is 1. The predicted octanol–water partition coefficient (Wildman–Crippen LogP) is 2.79. The number of nitrogens with one attached hydrogen (secondary N) is 1. The van der Waals surface area contributed by atoms with Gasteiger partial charge in [-0.2, -0.15) is 0 Å². The summed E-state index contributed by atoms with van der Waals surface area (Å²) in [6.07, 6.45) is 0.528. The van der Waals surface area contributed by atoms with Crippen molar-refractivity contribution in [3.8, 4) is 0 Å². The van der Waals surface area contributed by atoms with Crippen molar-refractivity contribution in [3.05, 3.63) is 50.5 Å². The lowest BCUT2D eigenvalue weighted by atomic mass is 10.1. The average Bonchev–Trinajstić information content (AvgIpc) is 2.97. The first kappa shape index (κ1) is 21.5. The molecule has 9 nitrogen and oxygen atoms in total. The Bertz CT molecular complexity index is 848. The molecule has 0 unspecified atom stereocenters. The summed E-state index contributed by atoms with van der Waals surface area (Å²) in [5, 5.41) is 14.1. The highest BCUT2D eigenvalue weighted by Crippen LogP contribution is 2.21. The molecule has 0 fully saturated rings. The van der Waals surface area contributed by atoms with Crippen LogP contribution in [0.1, 0.15) is 27.3 Å². The van der Waals surface area contributed by atoms with Crippen LogP contribution in [-0.4, -0.2) is 53.4 Å². The van der Waals surface area contributed by atoms with Crippen molar-refractivity contribution in [1.29, 1.82) is 0 Å². The van der Waals surface area contributed by atoms with Crippen molar-refractivity contribution in [2.45, 2.75) is 20.3 Å². The van der Waals surface area contributed by atoms with Crippen LogP contribution in [0, 0.1) is 24.0 Å². The lowest BCUT2D eigenvalue weighted by Crippen LogP contribution is -2.39. The van der Waals surface area contributed by atoms with Crippen LogP contribution in [0.25, 0.3) is 0 Å². The zero-order chi connectivity index (χ0) is 20.7. The molecule has 1 heterocycles. The third-order valence-electron chi connectivity index (χ3n) is 3.98. The zero-order valence-corrected chi connectivity index (χ0v) is 16.7. The minimum absolute atomic E-state index is 0.153. The third kappa shape index (κ3) is 5.83. The molecule has 1 aromatic heterocycles. The minimum atomic E-state index is -0.564.